The summed E-state index contributed by atoms with van der Waals surface area (Å²) in [5.74, 6) is -0.449. The van der Waals surface area contributed by atoms with Crippen molar-refractivity contribution in [1.29, 1.82) is 0 Å². The fourth-order valence-corrected chi connectivity index (χ4v) is 0.684. The summed E-state index contributed by atoms with van der Waals surface area (Å²) < 4.78 is 9.84. The van der Waals surface area contributed by atoms with Gasteiger partial charge in [0, 0.05) is 7.11 Å². The molecule has 0 aromatic heterocycles. The Balaban J connectivity index is 3.98. The first-order chi connectivity index (χ1) is 7.51. The largest absolute Gasteiger partial charge is 0.442 e. The van der Waals surface area contributed by atoms with E-state index in [1.165, 1.54) is 7.11 Å². The van der Waals surface area contributed by atoms with E-state index in [0.29, 0.717) is 0 Å². The minimum Gasteiger partial charge on any atom is -0.442 e. The van der Waals surface area contributed by atoms with Crippen LogP contribution in [0.5, 0.6) is 0 Å². The average Bonchev–Trinajstić information content (AvgIpc) is 2.27. The Morgan fingerprint density at radius 1 is 1.38 bits per heavy atom. The highest BCUT2D eigenvalue weighted by Gasteiger charge is 2.15. The third kappa shape index (κ3) is 5.92. The van der Waals surface area contributed by atoms with E-state index < -0.39 is 18.1 Å². The molecule has 2 amide bonds. The minimum absolute atomic E-state index is 0.220. The van der Waals surface area contributed by atoms with Crippen molar-refractivity contribution in [1.82, 2.24) is 5.32 Å². The van der Waals surface area contributed by atoms with Crippen molar-refractivity contribution in [3.8, 4) is 0 Å². The van der Waals surface area contributed by atoms with Crippen LogP contribution in [0.2, 0.25) is 0 Å². The van der Waals surface area contributed by atoms with Crippen LogP contribution in [-0.4, -0.2) is 37.7 Å². The lowest BCUT2D eigenvalue weighted by molar-refractivity contribution is -0.115. The number of carbonyl (C=O) groups excluding carboxylic acids is 2. The zero-order valence-corrected chi connectivity index (χ0v) is 9.60. The number of ether oxygens (including phenoxy) is 2. The third-order valence-corrected chi connectivity index (χ3v) is 1.88. The molecule has 0 bridgehead atoms. The number of hydrogen-bond donors (Lipinski definition) is 1. The van der Waals surface area contributed by atoms with E-state index in [2.05, 4.69) is 16.9 Å². The van der Waals surface area contributed by atoms with Gasteiger partial charge < -0.3 is 14.8 Å². The van der Waals surface area contributed by atoms with Gasteiger partial charge in [-0.15, -0.1) is 0 Å². The number of methoxy groups -OCH3 is 1. The monoisotopic (exact) mass is 228 g/mol. The summed E-state index contributed by atoms with van der Waals surface area (Å²) >= 11 is 0. The van der Waals surface area contributed by atoms with Crippen LogP contribution < -0.4 is 5.32 Å². The van der Waals surface area contributed by atoms with Gasteiger partial charge in [0.2, 0.25) is 5.91 Å². The molecule has 0 spiro atoms. The van der Waals surface area contributed by atoms with E-state index in [-0.39, 0.29) is 6.10 Å². The van der Waals surface area contributed by atoms with Crippen molar-refractivity contribution in [2.24, 2.45) is 4.99 Å². The molecule has 0 heterocycles. The fraction of sp³-hybridized carbons (Fsp3) is 0.500. The Morgan fingerprint density at radius 3 is 2.50 bits per heavy atom. The molecule has 0 aromatic carbocycles. The van der Waals surface area contributed by atoms with Crippen molar-refractivity contribution < 1.29 is 19.1 Å². The number of rotatable bonds is 5. The molecule has 0 aliphatic rings. The molecule has 0 aliphatic heterocycles. The van der Waals surface area contributed by atoms with Gasteiger partial charge in [-0.2, -0.15) is 4.99 Å². The number of carbonyl (C=O) groups is 2. The van der Waals surface area contributed by atoms with Crippen molar-refractivity contribution in [2.45, 2.75) is 26.1 Å². The first kappa shape index (κ1) is 14.3. The normalized spacial score (nSPS) is 14.2. The zero-order chi connectivity index (χ0) is 12.6. The second-order valence-corrected chi connectivity index (χ2v) is 3.00. The Kier molecular flexibility index (Phi) is 6.78. The Hall–Kier alpha value is -1.69. The maximum Gasteiger partial charge on any atom is 0.435 e. The van der Waals surface area contributed by atoms with Crippen molar-refractivity contribution >= 4 is 18.3 Å². The van der Waals surface area contributed by atoms with E-state index in [0.717, 1.165) is 12.4 Å². The summed E-state index contributed by atoms with van der Waals surface area (Å²) in [6.07, 6.45) is 0.594. The summed E-state index contributed by atoms with van der Waals surface area (Å²) in [6.45, 7) is 6.68. The van der Waals surface area contributed by atoms with Gasteiger partial charge in [0.05, 0.1) is 6.10 Å². The molecule has 0 saturated heterocycles. The van der Waals surface area contributed by atoms with E-state index in [4.69, 9.17) is 9.47 Å². The van der Waals surface area contributed by atoms with Gasteiger partial charge in [0.1, 0.15) is 12.4 Å². The molecule has 6 nitrogen and oxygen atoms in total. The molecule has 1 N–H and O–H groups in total. The van der Waals surface area contributed by atoms with Crippen LogP contribution in [0, 0.1) is 0 Å². The third-order valence-electron chi connectivity index (χ3n) is 1.88. The van der Waals surface area contributed by atoms with Crippen LogP contribution in [0.1, 0.15) is 13.8 Å². The van der Waals surface area contributed by atoms with Crippen LogP contribution in [0.15, 0.2) is 17.6 Å². The lowest BCUT2D eigenvalue weighted by Gasteiger charge is -2.17. The molecule has 2 unspecified atom stereocenters. The predicted molar refractivity (Wildman–Crippen MR) is 59.2 cm³/mol. The molecule has 0 fully saturated rings. The molecular weight excluding hydrogens is 212 g/mol. The zero-order valence-electron chi connectivity index (χ0n) is 9.60. The van der Waals surface area contributed by atoms with Crippen LogP contribution >= 0.6 is 0 Å². The molecule has 0 aromatic rings. The fourth-order valence-electron chi connectivity index (χ4n) is 0.684. The smallest absolute Gasteiger partial charge is 0.435 e. The molecular formula is C10H16N2O4. The molecule has 90 valence electrons. The van der Waals surface area contributed by atoms with E-state index >= 15 is 0 Å². The second-order valence-electron chi connectivity index (χ2n) is 3.00. The van der Waals surface area contributed by atoms with Crippen LogP contribution in [0.25, 0.3) is 0 Å². The van der Waals surface area contributed by atoms with Gasteiger partial charge in [-0.1, -0.05) is 6.58 Å². The number of nitrogens with zero attached hydrogens (tertiary/aromatic N) is 1. The summed E-state index contributed by atoms with van der Waals surface area (Å²) in [6, 6.07) is 0. The molecule has 0 radical (unpaired) electrons. The first-order valence-electron chi connectivity index (χ1n) is 4.70. The Bertz CT molecular complexity index is 289. The SMILES string of the molecule is C=CC(=O)NC=NC(=O)OC(C)C(C)OC. The van der Waals surface area contributed by atoms with Crippen molar-refractivity contribution in [2.75, 3.05) is 7.11 Å². The molecule has 0 saturated carbocycles. The van der Waals surface area contributed by atoms with Gasteiger partial charge in [0.25, 0.3) is 0 Å². The van der Waals surface area contributed by atoms with E-state index in [9.17, 15) is 9.59 Å². The van der Waals surface area contributed by atoms with Gasteiger partial charge >= 0.3 is 6.09 Å². The van der Waals surface area contributed by atoms with Gasteiger partial charge in [-0.3, -0.25) is 4.79 Å². The maximum absolute atomic E-state index is 11.1. The number of nitrogens with one attached hydrogen (secondary N) is 1. The van der Waals surface area contributed by atoms with Gasteiger partial charge in [-0.05, 0) is 19.9 Å². The van der Waals surface area contributed by atoms with Crippen molar-refractivity contribution in [3.05, 3.63) is 12.7 Å². The average molecular weight is 228 g/mol. The van der Waals surface area contributed by atoms with Gasteiger partial charge in [0.15, 0.2) is 0 Å². The topological polar surface area (TPSA) is 77.0 Å². The van der Waals surface area contributed by atoms with Crippen molar-refractivity contribution in [3.63, 3.8) is 0 Å². The van der Waals surface area contributed by atoms with Gasteiger partial charge in [-0.25, -0.2) is 4.79 Å². The predicted octanol–water partition coefficient (Wildman–Crippen LogP) is 0.877. The van der Waals surface area contributed by atoms with E-state index in [1.807, 2.05) is 0 Å². The Morgan fingerprint density at radius 2 is 2.00 bits per heavy atom. The van der Waals surface area contributed by atoms with Crippen LogP contribution in [0.4, 0.5) is 4.79 Å². The summed E-state index contributed by atoms with van der Waals surface area (Å²) in [5.41, 5.74) is 0. The first-order valence-corrected chi connectivity index (χ1v) is 4.70. The van der Waals surface area contributed by atoms with Crippen LogP contribution in [-0.2, 0) is 14.3 Å². The lowest BCUT2D eigenvalue weighted by atomic mass is 10.2. The summed E-state index contributed by atoms with van der Waals surface area (Å²) in [5, 5.41) is 2.20. The van der Waals surface area contributed by atoms with E-state index in [1.54, 1.807) is 13.8 Å². The number of amides is 2. The second kappa shape index (κ2) is 7.58. The number of aliphatic imine (C=N–C) groups is 1. The quantitative estimate of drug-likeness (QED) is 0.430. The summed E-state index contributed by atoms with van der Waals surface area (Å²) in [4.78, 5) is 25.1. The maximum atomic E-state index is 11.1. The molecule has 0 rings (SSSR count). The minimum atomic E-state index is -0.791. The molecule has 6 heteroatoms. The molecule has 0 aliphatic carbocycles. The highest BCUT2D eigenvalue weighted by Crippen LogP contribution is 2.02. The molecule has 2 atom stereocenters. The number of hydrogen-bond acceptors (Lipinski definition) is 4. The van der Waals surface area contributed by atoms with Crippen LogP contribution in [0.3, 0.4) is 0 Å². The highest BCUT2D eigenvalue weighted by atomic mass is 16.6. The Labute approximate surface area is 94.3 Å². The lowest BCUT2D eigenvalue weighted by Crippen LogP contribution is -2.27. The molecule has 16 heavy (non-hydrogen) atoms. The highest BCUT2D eigenvalue weighted by molar-refractivity contribution is 5.96. The summed E-state index contributed by atoms with van der Waals surface area (Å²) in [7, 11) is 1.52. The standard InChI is InChI=1S/C10H16N2O4/c1-5-9(13)11-6-12-10(14)16-8(3)7(2)15-4/h5-8H,1H2,2-4H3,(H,11,12,13,14).